The Labute approximate surface area is 99.7 Å². The highest BCUT2D eigenvalue weighted by molar-refractivity contribution is 5.83. The second-order valence-electron chi connectivity index (χ2n) is 5.10. The summed E-state index contributed by atoms with van der Waals surface area (Å²) in [7, 11) is 0. The molecule has 92 valence electrons. The first-order valence-electron chi connectivity index (χ1n) is 6.58. The van der Waals surface area contributed by atoms with Crippen molar-refractivity contribution in [1.29, 1.82) is 0 Å². The van der Waals surface area contributed by atoms with Crippen molar-refractivity contribution >= 4 is 5.91 Å². The number of hydrogen-bond acceptors (Lipinski definition) is 1. The molecule has 0 aromatic rings. The zero-order valence-electron chi connectivity index (χ0n) is 11.0. The van der Waals surface area contributed by atoms with Crippen molar-refractivity contribution < 1.29 is 4.79 Å². The van der Waals surface area contributed by atoms with E-state index >= 15 is 0 Å². The van der Waals surface area contributed by atoms with E-state index in [2.05, 4.69) is 32.9 Å². The zero-order valence-corrected chi connectivity index (χ0v) is 11.0. The Balaban J connectivity index is 2.62. The average molecular weight is 223 g/mol. The van der Waals surface area contributed by atoms with Crippen LogP contribution in [0.4, 0.5) is 0 Å². The van der Waals surface area contributed by atoms with Crippen molar-refractivity contribution in [3.8, 4) is 0 Å². The lowest BCUT2D eigenvalue weighted by Gasteiger charge is -2.32. The van der Waals surface area contributed by atoms with Crippen LogP contribution < -0.4 is 0 Å². The van der Waals surface area contributed by atoms with E-state index in [1.54, 1.807) is 0 Å². The fraction of sp³-hybridized carbons (Fsp3) is 0.786. The lowest BCUT2D eigenvalue weighted by atomic mass is 9.79. The Morgan fingerprint density at radius 1 is 1.19 bits per heavy atom. The molecule has 2 heteroatoms. The van der Waals surface area contributed by atoms with E-state index in [9.17, 15) is 4.79 Å². The summed E-state index contributed by atoms with van der Waals surface area (Å²) < 4.78 is 0. The number of carbonyl (C=O) groups is 1. The number of hydrogen-bond donors (Lipinski definition) is 0. The van der Waals surface area contributed by atoms with Gasteiger partial charge in [-0.1, -0.05) is 52.2 Å². The predicted molar refractivity (Wildman–Crippen MR) is 68.3 cm³/mol. The van der Waals surface area contributed by atoms with Crippen molar-refractivity contribution in [2.45, 2.75) is 52.9 Å². The monoisotopic (exact) mass is 223 g/mol. The van der Waals surface area contributed by atoms with Gasteiger partial charge in [0.1, 0.15) is 0 Å². The largest absolute Gasteiger partial charge is 0.335 e. The van der Waals surface area contributed by atoms with Crippen molar-refractivity contribution in [1.82, 2.24) is 4.90 Å². The van der Waals surface area contributed by atoms with Gasteiger partial charge >= 0.3 is 0 Å². The van der Waals surface area contributed by atoms with Crippen LogP contribution in [0.3, 0.4) is 0 Å². The molecule has 0 aromatic heterocycles. The molecule has 0 fully saturated rings. The number of amides is 1. The van der Waals surface area contributed by atoms with E-state index in [1.807, 2.05) is 4.90 Å². The zero-order chi connectivity index (χ0) is 12.0. The van der Waals surface area contributed by atoms with E-state index < -0.39 is 0 Å². The van der Waals surface area contributed by atoms with Crippen LogP contribution in [0.5, 0.6) is 0 Å². The van der Waals surface area contributed by atoms with Crippen molar-refractivity contribution in [3.05, 3.63) is 12.2 Å². The van der Waals surface area contributed by atoms with Gasteiger partial charge in [-0.2, -0.15) is 0 Å². The Kier molecular flexibility index (Phi) is 5.04. The first kappa shape index (κ1) is 13.3. The van der Waals surface area contributed by atoms with Gasteiger partial charge in [-0.3, -0.25) is 4.79 Å². The van der Waals surface area contributed by atoms with E-state index in [4.69, 9.17) is 0 Å². The number of unbranched alkanes of at least 4 members (excludes halogenated alkanes) is 1. The highest BCUT2D eigenvalue weighted by Gasteiger charge is 2.35. The van der Waals surface area contributed by atoms with Crippen molar-refractivity contribution in [3.63, 3.8) is 0 Å². The topological polar surface area (TPSA) is 20.3 Å². The number of carbonyl (C=O) groups excluding carboxylic acids is 1. The average Bonchev–Trinajstić information content (AvgIpc) is 2.79. The molecule has 16 heavy (non-hydrogen) atoms. The molecule has 0 aromatic carbocycles. The molecule has 2 nitrogen and oxygen atoms in total. The van der Waals surface area contributed by atoms with Crippen molar-refractivity contribution in [2.24, 2.45) is 5.41 Å². The maximum Gasteiger partial charge on any atom is 0.229 e. The first-order chi connectivity index (χ1) is 7.64. The fourth-order valence-electron chi connectivity index (χ4n) is 2.48. The minimum Gasteiger partial charge on any atom is -0.335 e. The van der Waals surface area contributed by atoms with E-state index in [0.29, 0.717) is 5.91 Å². The number of nitrogens with zero attached hydrogens (tertiary/aromatic N) is 1. The standard InChI is InChI=1S/C14H25NO/c1-4-6-10-14(3,9-5-2)13(16)15-11-7-8-12-15/h7-8H,4-6,9-12H2,1-3H3. The first-order valence-corrected chi connectivity index (χ1v) is 6.58. The Morgan fingerprint density at radius 2 is 1.81 bits per heavy atom. The summed E-state index contributed by atoms with van der Waals surface area (Å²) in [5.74, 6) is 0.354. The maximum atomic E-state index is 12.4. The van der Waals surface area contributed by atoms with Crippen LogP contribution in [0.1, 0.15) is 52.9 Å². The van der Waals surface area contributed by atoms with Crippen LogP contribution in [-0.2, 0) is 4.79 Å². The van der Waals surface area contributed by atoms with E-state index in [-0.39, 0.29) is 5.41 Å². The normalized spacial score (nSPS) is 18.8. The van der Waals surface area contributed by atoms with Crippen LogP contribution in [0.15, 0.2) is 12.2 Å². The molecule has 1 unspecified atom stereocenters. The molecule has 1 atom stereocenters. The molecule has 1 amide bonds. The minimum absolute atomic E-state index is 0.128. The van der Waals surface area contributed by atoms with Gasteiger partial charge in [0, 0.05) is 18.5 Å². The minimum atomic E-state index is -0.128. The quantitative estimate of drug-likeness (QED) is 0.632. The van der Waals surface area contributed by atoms with Crippen molar-refractivity contribution in [2.75, 3.05) is 13.1 Å². The summed E-state index contributed by atoms with van der Waals surface area (Å²) in [6, 6.07) is 0. The molecule has 0 bridgehead atoms. The molecule has 0 aliphatic carbocycles. The molecular formula is C14H25NO. The second kappa shape index (κ2) is 6.07. The fourth-order valence-corrected chi connectivity index (χ4v) is 2.48. The molecule has 0 saturated heterocycles. The smallest absolute Gasteiger partial charge is 0.229 e. The van der Waals surface area contributed by atoms with Crippen LogP contribution in [0, 0.1) is 5.41 Å². The van der Waals surface area contributed by atoms with Gasteiger partial charge in [0.05, 0.1) is 0 Å². The van der Waals surface area contributed by atoms with Gasteiger partial charge in [0.2, 0.25) is 5.91 Å². The molecule has 0 N–H and O–H groups in total. The van der Waals surface area contributed by atoms with Gasteiger partial charge < -0.3 is 4.90 Å². The van der Waals surface area contributed by atoms with Gasteiger partial charge in [-0.15, -0.1) is 0 Å². The Morgan fingerprint density at radius 3 is 2.31 bits per heavy atom. The van der Waals surface area contributed by atoms with Gasteiger partial charge in [-0.05, 0) is 12.8 Å². The molecule has 1 heterocycles. The Hall–Kier alpha value is -0.790. The molecular weight excluding hydrogens is 198 g/mol. The summed E-state index contributed by atoms with van der Waals surface area (Å²) in [5.41, 5.74) is -0.128. The predicted octanol–water partition coefficient (Wildman–Crippen LogP) is 3.38. The van der Waals surface area contributed by atoms with E-state index in [0.717, 1.165) is 38.8 Å². The molecule has 1 aliphatic heterocycles. The van der Waals surface area contributed by atoms with Crippen LogP contribution >= 0.6 is 0 Å². The van der Waals surface area contributed by atoms with Crippen LogP contribution in [0.25, 0.3) is 0 Å². The summed E-state index contributed by atoms with van der Waals surface area (Å²) in [4.78, 5) is 14.4. The van der Waals surface area contributed by atoms with Crippen LogP contribution in [-0.4, -0.2) is 23.9 Å². The van der Waals surface area contributed by atoms with Crippen LogP contribution in [0.2, 0.25) is 0 Å². The summed E-state index contributed by atoms with van der Waals surface area (Å²) in [6.45, 7) is 8.12. The third-order valence-corrected chi connectivity index (χ3v) is 3.51. The number of rotatable bonds is 6. The highest BCUT2D eigenvalue weighted by atomic mass is 16.2. The highest BCUT2D eigenvalue weighted by Crippen LogP contribution is 2.32. The third kappa shape index (κ3) is 3.10. The second-order valence-corrected chi connectivity index (χ2v) is 5.10. The molecule has 0 saturated carbocycles. The molecule has 0 spiro atoms. The lowest BCUT2D eigenvalue weighted by Crippen LogP contribution is -2.41. The van der Waals surface area contributed by atoms with Gasteiger partial charge in [0.15, 0.2) is 0 Å². The lowest BCUT2D eigenvalue weighted by molar-refractivity contribution is -0.140. The molecule has 1 aliphatic rings. The molecule has 1 rings (SSSR count). The van der Waals surface area contributed by atoms with Gasteiger partial charge in [0.25, 0.3) is 0 Å². The Bertz CT molecular complexity index is 251. The molecule has 0 radical (unpaired) electrons. The SMILES string of the molecule is CCCCC(C)(CCC)C(=O)N1CC=CC1. The summed E-state index contributed by atoms with van der Waals surface area (Å²) in [5, 5.41) is 0. The van der Waals surface area contributed by atoms with Gasteiger partial charge in [-0.25, -0.2) is 0 Å². The van der Waals surface area contributed by atoms with E-state index in [1.165, 1.54) is 6.42 Å². The summed E-state index contributed by atoms with van der Waals surface area (Å²) >= 11 is 0. The maximum absolute atomic E-state index is 12.4. The third-order valence-electron chi connectivity index (χ3n) is 3.51. The summed E-state index contributed by atoms with van der Waals surface area (Å²) in [6.07, 6.45) is 9.64.